The Kier molecular flexibility index (Phi) is 4.37. The van der Waals surface area contributed by atoms with Gasteiger partial charge < -0.3 is 13.9 Å². The molecule has 0 fully saturated rings. The summed E-state index contributed by atoms with van der Waals surface area (Å²) in [7, 11) is 1.64. The summed E-state index contributed by atoms with van der Waals surface area (Å²) < 4.78 is 17.1. The Labute approximate surface area is 168 Å². The fourth-order valence-corrected chi connectivity index (χ4v) is 3.34. The van der Waals surface area contributed by atoms with Gasteiger partial charge in [-0.05, 0) is 52.7 Å². The van der Waals surface area contributed by atoms with Crippen LogP contribution in [-0.2, 0) is 6.61 Å². The lowest BCUT2D eigenvalue weighted by molar-refractivity contribution is 0.306. The molecule has 0 radical (unpaired) electrons. The molecular weight excluding hydrogens is 362 g/mol. The summed E-state index contributed by atoms with van der Waals surface area (Å²) in [5.74, 6) is 2.20. The third-order valence-corrected chi connectivity index (χ3v) is 4.90. The Bertz CT molecular complexity index is 1290. The van der Waals surface area contributed by atoms with E-state index < -0.39 is 0 Å². The van der Waals surface area contributed by atoms with Crippen LogP contribution in [0.5, 0.6) is 11.5 Å². The van der Waals surface area contributed by atoms with Crippen molar-refractivity contribution in [3.63, 3.8) is 0 Å². The molecule has 0 atom stereocenters. The van der Waals surface area contributed by atoms with Crippen LogP contribution in [0.4, 0.5) is 0 Å². The number of oxazole rings is 1. The predicted octanol–water partition coefficient (Wildman–Crippen LogP) is 6.24. The molecule has 0 amide bonds. The quantitative estimate of drug-likeness (QED) is 0.362. The molecule has 29 heavy (non-hydrogen) atoms. The maximum absolute atomic E-state index is 5.94. The van der Waals surface area contributed by atoms with E-state index in [0.717, 1.165) is 38.9 Å². The Morgan fingerprint density at radius 1 is 0.793 bits per heavy atom. The van der Waals surface area contributed by atoms with Crippen molar-refractivity contribution in [3.05, 3.63) is 90.5 Å². The van der Waals surface area contributed by atoms with Gasteiger partial charge in [-0.3, -0.25) is 0 Å². The highest BCUT2D eigenvalue weighted by Gasteiger charge is 2.10. The Balaban J connectivity index is 1.42. The highest BCUT2D eigenvalue weighted by Crippen LogP contribution is 2.30. The maximum Gasteiger partial charge on any atom is 0.227 e. The summed E-state index contributed by atoms with van der Waals surface area (Å²) in [6.07, 6.45) is 0. The first-order valence-electron chi connectivity index (χ1n) is 9.44. The van der Waals surface area contributed by atoms with Gasteiger partial charge in [0.2, 0.25) is 5.89 Å². The summed E-state index contributed by atoms with van der Waals surface area (Å²) in [5, 5.41) is 2.21. The number of hydrogen-bond acceptors (Lipinski definition) is 4. The number of hydrogen-bond donors (Lipinski definition) is 0. The molecule has 0 saturated carbocycles. The van der Waals surface area contributed by atoms with E-state index in [1.54, 1.807) is 7.11 Å². The van der Waals surface area contributed by atoms with Crippen LogP contribution in [0, 0.1) is 0 Å². The lowest BCUT2D eigenvalue weighted by Gasteiger charge is -2.08. The number of fused-ring (bicyclic) bond motifs is 2. The molecule has 5 rings (SSSR count). The zero-order valence-corrected chi connectivity index (χ0v) is 16.0. The van der Waals surface area contributed by atoms with Crippen LogP contribution in [0.25, 0.3) is 33.3 Å². The molecule has 0 unspecified atom stereocenters. The van der Waals surface area contributed by atoms with E-state index in [1.807, 2.05) is 48.5 Å². The van der Waals surface area contributed by atoms with Crippen molar-refractivity contribution in [1.82, 2.24) is 4.98 Å². The van der Waals surface area contributed by atoms with Crippen molar-refractivity contribution in [3.8, 4) is 23.0 Å². The molecule has 0 aliphatic rings. The van der Waals surface area contributed by atoms with Gasteiger partial charge in [0.25, 0.3) is 0 Å². The molecule has 0 saturated heterocycles. The molecule has 142 valence electrons. The summed E-state index contributed by atoms with van der Waals surface area (Å²) in [5.41, 5.74) is 3.61. The monoisotopic (exact) mass is 381 g/mol. The largest absolute Gasteiger partial charge is 0.497 e. The van der Waals surface area contributed by atoms with Crippen molar-refractivity contribution in [2.75, 3.05) is 7.11 Å². The van der Waals surface area contributed by atoms with Crippen molar-refractivity contribution in [2.45, 2.75) is 6.61 Å². The minimum absolute atomic E-state index is 0.552. The highest BCUT2D eigenvalue weighted by atomic mass is 16.5. The zero-order chi connectivity index (χ0) is 19.6. The Morgan fingerprint density at radius 3 is 2.45 bits per heavy atom. The van der Waals surface area contributed by atoms with E-state index in [-0.39, 0.29) is 0 Å². The fourth-order valence-electron chi connectivity index (χ4n) is 3.34. The smallest absolute Gasteiger partial charge is 0.227 e. The maximum atomic E-state index is 5.94. The van der Waals surface area contributed by atoms with Crippen LogP contribution in [0.15, 0.2) is 89.3 Å². The molecule has 0 N–H and O–H groups in total. The second-order valence-electron chi connectivity index (χ2n) is 6.85. The summed E-state index contributed by atoms with van der Waals surface area (Å²) >= 11 is 0. The van der Waals surface area contributed by atoms with Gasteiger partial charge in [0.15, 0.2) is 5.58 Å². The van der Waals surface area contributed by atoms with E-state index in [4.69, 9.17) is 13.9 Å². The molecule has 0 aliphatic carbocycles. The number of rotatable bonds is 5. The van der Waals surface area contributed by atoms with E-state index >= 15 is 0 Å². The molecule has 1 heterocycles. The molecule has 4 aromatic carbocycles. The number of ether oxygens (including phenoxy) is 2. The summed E-state index contributed by atoms with van der Waals surface area (Å²) in [6, 6.07) is 28.1. The summed E-state index contributed by atoms with van der Waals surface area (Å²) in [6.45, 7) is 0.552. The van der Waals surface area contributed by atoms with Gasteiger partial charge in [-0.1, -0.05) is 42.5 Å². The van der Waals surface area contributed by atoms with E-state index in [0.29, 0.717) is 18.1 Å². The first-order chi connectivity index (χ1) is 14.3. The molecule has 4 nitrogen and oxygen atoms in total. The Morgan fingerprint density at radius 2 is 1.59 bits per heavy atom. The molecule has 0 bridgehead atoms. The molecule has 0 aliphatic heterocycles. The van der Waals surface area contributed by atoms with Crippen molar-refractivity contribution < 1.29 is 13.9 Å². The van der Waals surface area contributed by atoms with Gasteiger partial charge in [-0.25, -0.2) is 4.98 Å². The Hall–Kier alpha value is -3.79. The summed E-state index contributed by atoms with van der Waals surface area (Å²) in [4.78, 5) is 4.60. The van der Waals surface area contributed by atoms with Crippen molar-refractivity contribution in [2.24, 2.45) is 0 Å². The molecule has 4 heteroatoms. The van der Waals surface area contributed by atoms with Gasteiger partial charge in [0.1, 0.15) is 23.6 Å². The lowest BCUT2D eigenvalue weighted by Crippen LogP contribution is -1.94. The average Bonchev–Trinajstić information content (AvgIpc) is 3.21. The number of methoxy groups -OCH3 is 1. The SMILES string of the molecule is COc1ccc2nc(-c3ccc4cc(OCc5ccccc5)ccc4c3)oc2c1. The first kappa shape index (κ1) is 17.3. The topological polar surface area (TPSA) is 44.5 Å². The van der Waals surface area contributed by atoms with E-state index in [1.165, 1.54) is 0 Å². The minimum atomic E-state index is 0.552. The zero-order valence-electron chi connectivity index (χ0n) is 16.0. The minimum Gasteiger partial charge on any atom is -0.497 e. The molecule has 0 spiro atoms. The first-order valence-corrected chi connectivity index (χ1v) is 9.44. The standard InChI is InChI=1S/C25H19NO3/c1-27-21-11-12-23-24(15-21)29-25(26-23)20-8-7-19-14-22(10-9-18(19)13-20)28-16-17-5-3-2-4-6-17/h2-15H,16H2,1H3. The van der Waals surface area contributed by atoms with Gasteiger partial charge in [-0.15, -0.1) is 0 Å². The van der Waals surface area contributed by atoms with Crippen LogP contribution in [0.1, 0.15) is 5.56 Å². The van der Waals surface area contributed by atoms with Crippen molar-refractivity contribution in [1.29, 1.82) is 0 Å². The third kappa shape index (κ3) is 3.52. The van der Waals surface area contributed by atoms with Crippen LogP contribution in [-0.4, -0.2) is 12.1 Å². The fraction of sp³-hybridized carbons (Fsp3) is 0.0800. The molecule has 1 aromatic heterocycles. The van der Waals surface area contributed by atoms with Crippen LogP contribution in [0.3, 0.4) is 0 Å². The predicted molar refractivity (Wildman–Crippen MR) is 114 cm³/mol. The molecular formula is C25H19NO3. The van der Waals surface area contributed by atoms with E-state index in [9.17, 15) is 0 Å². The van der Waals surface area contributed by atoms with Crippen LogP contribution in [0.2, 0.25) is 0 Å². The third-order valence-electron chi connectivity index (χ3n) is 4.90. The van der Waals surface area contributed by atoms with Gasteiger partial charge in [0, 0.05) is 11.6 Å². The van der Waals surface area contributed by atoms with Gasteiger partial charge in [0.05, 0.1) is 7.11 Å². The van der Waals surface area contributed by atoms with Crippen molar-refractivity contribution >= 4 is 21.9 Å². The van der Waals surface area contributed by atoms with Gasteiger partial charge in [-0.2, -0.15) is 0 Å². The normalized spacial score (nSPS) is 11.1. The average molecular weight is 381 g/mol. The highest BCUT2D eigenvalue weighted by molar-refractivity contribution is 5.88. The van der Waals surface area contributed by atoms with Crippen LogP contribution < -0.4 is 9.47 Å². The number of aromatic nitrogens is 1. The van der Waals surface area contributed by atoms with E-state index in [2.05, 4.69) is 41.4 Å². The lowest BCUT2D eigenvalue weighted by atomic mass is 10.1. The second-order valence-corrected chi connectivity index (χ2v) is 6.85. The molecule has 5 aromatic rings. The number of benzene rings is 4. The number of nitrogens with zero attached hydrogens (tertiary/aromatic N) is 1. The van der Waals surface area contributed by atoms with Gasteiger partial charge >= 0.3 is 0 Å². The second kappa shape index (κ2) is 7.32. The van der Waals surface area contributed by atoms with Crippen LogP contribution >= 0.6 is 0 Å².